The molecule has 0 amide bonds. The molecule has 0 aliphatic rings. The highest BCUT2D eigenvalue weighted by atomic mass is 32.2. The van der Waals surface area contributed by atoms with Gasteiger partial charge in [0.2, 0.25) is 0 Å². The van der Waals surface area contributed by atoms with Gasteiger partial charge < -0.3 is 14.0 Å². The Labute approximate surface area is 182 Å². The normalized spacial score (nSPS) is 11.0. The van der Waals surface area contributed by atoms with Crippen LogP contribution in [0, 0.1) is 0 Å². The van der Waals surface area contributed by atoms with Crippen molar-refractivity contribution in [1.29, 1.82) is 0 Å². The number of benzene rings is 2. The molecule has 0 bridgehead atoms. The summed E-state index contributed by atoms with van der Waals surface area (Å²) in [6.45, 7) is 0.657. The van der Waals surface area contributed by atoms with Crippen molar-refractivity contribution < 1.29 is 9.47 Å². The van der Waals surface area contributed by atoms with Gasteiger partial charge in [-0.15, -0.1) is 11.8 Å². The van der Waals surface area contributed by atoms with Gasteiger partial charge in [0.1, 0.15) is 11.5 Å². The number of nitrogens with zero attached hydrogens (tertiary/aromatic N) is 3. The molecule has 160 valence electrons. The van der Waals surface area contributed by atoms with Crippen LogP contribution in [-0.2, 0) is 13.1 Å². The molecule has 4 rings (SSSR count). The summed E-state index contributed by atoms with van der Waals surface area (Å²) in [5.41, 5.74) is 0.659. The quantitative estimate of drug-likeness (QED) is 0.426. The second-order valence-electron chi connectivity index (χ2n) is 6.80. The lowest BCUT2D eigenvalue weighted by molar-refractivity contribution is 0.390. The van der Waals surface area contributed by atoms with Gasteiger partial charge in [0, 0.05) is 28.8 Å². The molecule has 0 unspecified atom stereocenters. The summed E-state index contributed by atoms with van der Waals surface area (Å²) < 4.78 is 13.6. The van der Waals surface area contributed by atoms with Crippen LogP contribution >= 0.6 is 11.8 Å². The molecule has 2 aromatic heterocycles. The molecule has 0 fully saturated rings. The summed E-state index contributed by atoms with van der Waals surface area (Å²) in [6.07, 6.45) is 1.55. The zero-order chi connectivity index (χ0) is 21.8. The topological polar surface area (TPSA) is 91.1 Å². The highest BCUT2D eigenvalue weighted by molar-refractivity contribution is 7.99. The second-order valence-corrected chi connectivity index (χ2v) is 7.96. The monoisotopic (exact) mass is 438 g/mol. The van der Waals surface area contributed by atoms with Gasteiger partial charge in [-0.3, -0.25) is 14.3 Å². The number of hydrogen-bond acceptors (Lipinski definition) is 6. The molecule has 0 saturated heterocycles. The van der Waals surface area contributed by atoms with E-state index in [1.165, 1.54) is 4.57 Å². The Morgan fingerprint density at radius 2 is 1.87 bits per heavy atom. The summed E-state index contributed by atoms with van der Waals surface area (Å²) >= 11 is 1.59. The number of thioether (sulfide) groups is 1. The third-order valence-corrected chi connectivity index (χ3v) is 5.91. The number of hydrogen-bond donors (Lipinski definition) is 1. The molecular formula is C22H22N4O4S. The molecule has 0 aliphatic carbocycles. The van der Waals surface area contributed by atoms with E-state index in [1.54, 1.807) is 42.9 Å². The fourth-order valence-corrected chi connectivity index (χ4v) is 4.21. The van der Waals surface area contributed by atoms with Gasteiger partial charge in [0.25, 0.3) is 5.56 Å². The Bertz CT molecular complexity index is 1310. The predicted octanol–water partition coefficient (Wildman–Crippen LogP) is 2.74. The van der Waals surface area contributed by atoms with Crippen molar-refractivity contribution in [1.82, 2.24) is 19.1 Å². The van der Waals surface area contributed by atoms with Crippen LogP contribution in [0.4, 0.5) is 0 Å². The lowest BCUT2D eigenvalue weighted by Crippen LogP contribution is -2.36. The molecule has 1 N–H and O–H groups in total. The first kappa shape index (κ1) is 20.8. The van der Waals surface area contributed by atoms with E-state index in [0.29, 0.717) is 35.9 Å². The summed E-state index contributed by atoms with van der Waals surface area (Å²) in [5.74, 6) is 1.92. The van der Waals surface area contributed by atoms with Gasteiger partial charge in [0.05, 0.1) is 27.1 Å². The number of rotatable bonds is 8. The number of ether oxygens (including phenoxy) is 2. The summed E-state index contributed by atoms with van der Waals surface area (Å²) in [5, 5.41) is 0. The van der Waals surface area contributed by atoms with Crippen molar-refractivity contribution >= 4 is 22.9 Å². The minimum atomic E-state index is -0.460. The van der Waals surface area contributed by atoms with Crippen LogP contribution in [0.1, 0.15) is 5.56 Å². The maximum Gasteiger partial charge on any atom is 0.330 e. The smallest absolute Gasteiger partial charge is 0.330 e. The Balaban J connectivity index is 1.63. The maximum absolute atomic E-state index is 13.1. The fraction of sp³-hybridized carbons (Fsp3) is 0.227. The van der Waals surface area contributed by atoms with E-state index >= 15 is 0 Å². The molecule has 2 heterocycles. The molecule has 0 atom stereocenters. The van der Waals surface area contributed by atoms with E-state index < -0.39 is 5.69 Å². The van der Waals surface area contributed by atoms with Crippen LogP contribution in [0.25, 0.3) is 11.2 Å². The SMILES string of the molecule is COc1ccc(Cn2cnc3[nH]c(=O)n(CCSc4ccccc4)c(=O)c32)c(OC)c1. The third-order valence-electron chi connectivity index (χ3n) is 4.92. The van der Waals surface area contributed by atoms with Crippen molar-refractivity contribution in [3.8, 4) is 11.5 Å². The zero-order valence-electron chi connectivity index (χ0n) is 17.2. The standard InChI is InChI=1S/C22H22N4O4S/c1-29-16-9-8-15(18(12-16)30-2)13-25-14-23-20-19(25)21(27)26(22(28)24-20)10-11-31-17-6-4-3-5-7-17/h3-9,12,14H,10-11,13H2,1-2H3,(H,24,28). The van der Waals surface area contributed by atoms with Crippen molar-refractivity contribution in [3.63, 3.8) is 0 Å². The maximum atomic E-state index is 13.1. The summed E-state index contributed by atoms with van der Waals surface area (Å²) in [4.78, 5) is 33.6. The molecule has 0 aliphatic heterocycles. The highest BCUT2D eigenvalue weighted by Crippen LogP contribution is 2.25. The summed E-state index contributed by atoms with van der Waals surface area (Å²) in [7, 11) is 3.17. The lowest BCUT2D eigenvalue weighted by Gasteiger charge is -2.12. The zero-order valence-corrected chi connectivity index (χ0v) is 18.0. The van der Waals surface area contributed by atoms with Crippen LogP contribution in [0.5, 0.6) is 11.5 Å². The summed E-state index contributed by atoms with van der Waals surface area (Å²) in [6, 6.07) is 15.4. The fourth-order valence-electron chi connectivity index (χ4n) is 3.35. The number of H-pyrrole nitrogens is 1. The van der Waals surface area contributed by atoms with Gasteiger partial charge in [-0.2, -0.15) is 0 Å². The molecule has 0 radical (unpaired) electrons. The molecule has 9 heteroatoms. The van der Waals surface area contributed by atoms with Gasteiger partial charge in [0.15, 0.2) is 11.2 Å². The molecule has 0 saturated carbocycles. The Kier molecular flexibility index (Phi) is 6.13. The average Bonchev–Trinajstić information content (AvgIpc) is 3.19. The first-order valence-electron chi connectivity index (χ1n) is 9.67. The number of fused-ring (bicyclic) bond motifs is 1. The second kappa shape index (κ2) is 9.13. The Hall–Kier alpha value is -3.46. The van der Waals surface area contributed by atoms with Crippen LogP contribution in [0.2, 0.25) is 0 Å². The van der Waals surface area contributed by atoms with Crippen molar-refractivity contribution in [2.45, 2.75) is 18.0 Å². The van der Waals surface area contributed by atoms with E-state index in [0.717, 1.165) is 10.5 Å². The van der Waals surface area contributed by atoms with Crippen molar-refractivity contribution in [3.05, 3.63) is 81.3 Å². The molecular weight excluding hydrogens is 416 g/mol. The predicted molar refractivity (Wildman–Crippen MR) is 120 cm³/mol. The Morgan fingerprint density at radius 3 is 2.61 bits per heavy atom. The van der Waals surface area contributed by atoms with Crippen LogP contribution in [0.3, 0.4) is 0 Å². The average molecular weight is 439 g/mol. The van der Waals surface area contributed by atoms with Crippen molar-refractivity contribution in [2.24, 2.45) is 0 Å². The van der Waals surface area contributed by atoms with E-state index in [4.69, 9.17) is 9.47 Å². The minimum Gasteiger partial charge on any atom is -0.497 e. The minimum absolute atomic E-state index is 0.273. The Morgan fingerprint density at radius 1 is 1.06 bits per heavy atom. The molecule has 8 nitrogen and oxygen atoms in total. The van der Waals surface area contributed by atoms with Crippen LogP contribution < -0.4 is 20.7 Å². The molecule has 2 aromatic carbocycles. The highest BCUT2D eigenvalue weighted by Gasteiger charge is 2.15. The number of methoxy groups -OCH3 is 2. The first-order valence-corrected chi connectivity index (χ1v) is 10.7. The van der Waals surface area contributed by atoms with Gasteiger partial charge >= 0.3 is 5.69 Å². The number of nitrogens with one attached hydrogen (secondary N) is 1. The van der Waals surface area contributed by atoms with Gasteiger partial charge in [-0.25, -0.2) is 9.78 Å². The van der Waals surface area contributed by atoms with Gasteiger partial charge in [-0.1, -0.05) is 18.2 Å². The third kappa shape index (κ3) is 4.36. The van der Waals surface area contributed by atoms with Crippen molar-refractivity contribution in [2.75, 3.05) is 20.0 Å². The van der Waals surface area contributed by atoms with E-state index in [9.17, 15) is 9.59 Å². The van der Waals surface area contributed by atoms with Crippen LogP contribution in [0.15, 0.2) is 69.3 Å². The first-order chi connectivity index (χ1) is 15.1. The molecule has 31 heavy (non-hydrogen) atoms. The van der Waals surface area contributed by atoms with E-state index in [1.807, 2.05) is 42.5 Å². The van der Waals surface area contributed by atoms with E-state index in [2.05, 4.69) is 9.97 Å². The number of aromatic nitrogens is 4. The van der Waals surface area contributed by atoms with Gasteiger partial charge in [-0.05, 0) is 24.3 Å². The molecule has 0 spiro atoms. The van der Waals surface area contributed by atoms with Crippen LogP contribution in [-0.4, -0.2) is 39.1 Å². The number of aromatic amines is 1. The number of imidazole rings is 1. The molecule has 4 aromatic rings. The largest absolute Gasteiger partial charge is 0.497 e. The van der Waals surface area contributed by atoms with E-state index in [-0.39, 0.29) is 11.2 Å². The lowest BCUT2D eigenvalue weighted by atomic mass is 10.2.